The molecular formula is C20H18O3. The van der Waals surface area contributed by atoms with Gasteiger partial charge < -0.3 is 14.6 Å². The highest BCUT2D eigenvalue weighted by atomic mass is 16.5. The molecule has 3 rings (SSSR count). The molecule has 0 spiro atoms. The van der Waals surface area contributed by atoms with Crippen molar-refractivity contribution in [1.82, 2.24) is 0 Å². The zero-order chi connectivity index (χ0) is 16.1. The highest BCUT2D eigenvalue weighted by Crippen LogP contribution is 2.31. The number of para-hydroxylation sites is 3. The van der Waals surface area contributed by atoms with E-state index >= 15 is 0 Å². The third-order valence-corrected chi connectivity index (χ3v) is 3.49. The Kier molecular flexibility index (Phi) is 4.48. The molecule has 3 heteroatoms. The van der Waals surface area contributed by atoms with Crippen molar-refractivity contribution < 1.29 is 14.6 Å². The Labute approximate surface area is 135 Å². The third kappa shape index (κ3) is 3.83. The Morgan fingerprint density at radius 2 is 1.52 bits per heavy atom. The molecule has 3 aromatic rings. The van der Waals surface area contributed by atoms with Gasteiger partial charge in [0.25, 0.3) is 0 Å². The maximum atomic E-state index is 9.77. The Morgan fingerprint density at radius 3 is 2.26 bits per heavy atom. The lowest BCUT2D eigenvalue weighted by Gasteiger charge is -2.12. The highest BCUT2D eigenvalue weighted by molar-refractivity contribution is 5.43. The summed E-state index contributed by atoms with van der Waals surface area (Å²) < 4.78 is 11.7. The summed E-state index contributed by atoms with van der Waals surface area (Å²) in [4.78, 5) is 0. The molecule has 0 aliphatic rings. The minimum absolute atomic E-state index is 0.278. The number of rotatable bonds is 5. The van der Waals surface area contributed by atoms with Crippen molar-refractivity contribution in [2.24, 2.45) is 0 Å². The lowest BCUT2D eigenvalue weighted by molar-refractivity contribution is 0.291. The lowest BCUT2D eigenvalue weighted by Crippen LogP contribution is -1.97. The smallest absolute Gasteiger partial charge is 0.169 e. The average molecular weight is 306 g/mol. The molecular weight excluding hydrogens is 288 g/mol. The summed E-state index contributed by atoms with van der Waals surface area (Å²) >= 11 is 0. The van der Waals surface area contributed by atoms with E-state index in [2.05, 4.69) is 0 Å². The summed E-state index contributed by atoms with van der Waals surface area (Å²) in [6.45, 7) is 2.23. The van der Waals surface area contributed by atoms with Crippen LogP contribution in [0.4, 0.5) is 0 Å². The lowest BCUT2D eigenvalue weighted by atomic mass is 10.1. The van der Waals surface area contributed by atoms with Gasteiger partial charge in [-0.3, -0.25) is 0 Å². The molecule has 3 aromatic carbocycles. The second kappa shape index (κ2) is 6.88. The van der Waals surface area contributed by atoms with Crippen LogP contribution in [0.15, 0.2) is 72.8 Å². The van der Waals surface area contributed by atoms with Crippen LogP contribution in [0.5, 0.6) is 23.0 Å². The van der Waals surface area contributed by atoms with Gasteiger partial charge in [-0.05, 0) is 48.4 Å². The summed E-state index contributed by atoms with van der Waals surface area (Å²) in [6.07, 6.45) is 0. The summed E-state index contributed by atoms with van der Waals surface area (Å²) in [6, 6.07) is 22.7. The largest absolute Gasteiger partial charge is 0.508 e. The molecule has 0 atom stereocenters. The van der Waals surface area contributed by atoms with Crippen molar-refractivity contribution in [3.8, 4) is 23.0 Å². The van der Waals surface area contributed by atoms with E-state index in [1.54, 1.807) is 6.07 Å². The van der Waals surface area contributed by atoms with Crippen molar-refractivity contribution in [1.29, 1.82) is 0 Å². The van der Waals surface area contributed by atoms with Crippen molar-refractivity contribution in [3.63, 3.8) is 0 Å². The van der Waals surface area contributed by atoms with Gasteiger partial charge in [-0.2, -0.15) is 0 Å². The van der Waals surface area contributed by atoms with Gasteiger partial charge in [-0.25, -0.2) is 0 Å². The number of hydrogen-bond donors (Lipinski definition) is 1. The number of phenols is 1. The SMILES string of the molecule is Cc1ccc(COc2ccccc2Oc2ccccc2)cc1O. The van der Waals surface area contributed by atoms with Gasteiger partial charge in [0, 0.05) is 0 Å². The van der Waals surface area contributed by atoms with Gasteiger partial charge >= 0.3 is 0 Å². The fourth-order valence-corrected chi connectivity index (χ4v) is 2.18. The van der Waals surface area contributed by atoms with Crippen LogP contribution < -0.4 is 9.47 Å². The predicted octanol–water partition coefficient (Wildman–Crippen LogP) is 5.07. The zero-order valence-corrected chi connectivity index (χ0v) is 12.9. The topological polar surface area (TPSA) is 38.7 Å². The van der Waals surface area contributed by atoms with E-state index in [0.717, 1.165) is 16.9 Å². The standard InChI is InChI=1S/C20H18O3/c1-15-11-12-16(13-18(15)21)14-22-19-9-5-6-10-20(19)23-17-7-3-2-4-8-17/h2-13,21H,14H2,1H3. The second-order valence-electron chi connectivity index (χ2n) is 5.27. The number of hydrogen-bond acceptors (Lipinski definition) is 3. The molecule has 3 nitrogen and oxygen atoms in total. The van der Waals surface area contributed by atoms with Crippen LogP contribution >= 0.6 is 0 Å². The van der Waals surface area contributed by atoms with Crippen LogP contribution in [0.1, 0.15) is 11.1 Å². The Morgan fingerprint density at radius 1 is 0.826 bits per heavy atom. The van der Waals surface area contributed by atoms with E-state index in [0.29, 0.717) is 18.1 Å². The molecule has 0 aromatic heterocycles. The van der Waals surface area contributed by atoms with E-state index < -0.39 is 0 Å². The van der Waals surface area contributed by atoms with Crippen LogP contribution in [0.3, 0.4) is 0 Å². The molecule has 0 aliphatic carbocycles. The van der Waals surface area contributed by atoms with Crippen LogP contribution in [0.2, 0.25) is 0 Å². The number of aromatic hydroxyl groups is 1. The van der Waals surface area contributed by atoms with Gasteiger partial charge in [-0.1, -0.05) is 42.5 Å². The normalized spacial score (nSPS) is 10.3. The quantitative estimate of drug-likeness (QED) is 0.715. The first-order valence-corrected chi connectivity index (χ1v) is 7.45. The molecule has 0 saturated carbocycles. The molecule has 0 aliphatic heterocycles. The first-order valence-electron chi connectivity index (χ1n) is 7.45. The molecule has 0 bridgehead atoms. The second-order valence-corrected chi connectivity index (χ2v) is 5.27. The molecule has 116 valence electrons. The molecule has 1 N–H and O–H groups in total. The fraction of sp³-hybridized carbons (Fsp3) is 0.100. The van der Waals surface area contributed by atoms with Crippen molar-refractivity contribution in [2.75, 3.05) is 0 Å². The first-order chi connectivity index (χ1) is 11.2. The maximum Gasteiger partial charge on any atom is 0.169 e. The van der Waals surface area contributed by atoms with E-state index in [9.17, 15) is 5.11 Å². The van der Waals surface area contributed by atoms with Gasteiger partial charge in [-0.15, -0.1) is 0 Å². The maximum absolute atomic E-state index is 9.77. The van der Waals surface area contributed by atoms with Gasteiger partial charge in [0.15, 0.2) is 11.5 Å². The zero-order valence-electron chi connectivity index (χ0n) is 12.9. The summed E-state index contributed by atoms with van der Waals surface area (Å²) in [5.74, 6) is 2.36. The number of phenolic OH excluding ortho intramolecular Hbond substituents is 1. The number of ether oxygens (including phenoxy) is 2. The van der Waals surface area contributed by atoms with Crippen molar-refractivity contribution in [3.05, 3.63) is 83.9 Å². The van der Waals surface area contributed by atoms with Gasteiger partial charge in [0.2, 0.25) is 0 Å². The molecule has 0 amide bonds. The summed E-state index contributed by atoms with van der Waals surface area (Å²) in [5.41, 5.74) is 1.75. The minimum Gasteiger partial charge on any atom is -0.508 e. The van der Waals surface area contributed by atoms with E-state index in [1.807, 2.05) is 73.7 Å². The third-order valence-electron chi connectivity index (χ3n) is 3.49. The Hall–Kier alpha value is -2.94. The molecule has 0 unspecified atom stereocenters. The molecule has 0 radical (unpaired) electrons. The Bertz CT molecular complexity index is 782. The van der Waals surface area contributed by atoms with Crippen LogP contribution in [-0.4, -0.2) is 5.11 Å². The van der Waals surface area contributed by atoms with Crippen LogP contribution in [0, 0.1) is 6.92 Å². The average Bonchev–Trinajstić information content (AvgIpc) is 2.58. The van der Waals surface area contributed by atoms with Crippen molar-refractivity contribution >= 4 is 0 Å². The summed E-state index contributed by atoms with van der Waals surface area (Å²) in [5, 5.41) is 9.77. The molecule has 0 heterocycles. The summed E-state index contributed by atoms with van der Waals surface area (Å²) in [7, 11) is 0. The van der Waals surface area contributed by atoms with Gasteiger partial charge in [0.05, 0.1) is 0 Å². The van der Waals surface area contributed by atoms with Crippen LogP contribution in [0.25, 0.3) is 0 Å². The van der Waals surface area contributed by atoms with E-state index in [1.165, 1.54) is 0 Å². The fourth-order valence-electron chi connectivity index (χ4n) is 2.18. The predicted molar refractivity (Wildman–Crippen MR) is 90.1 cm³/mol. The van der Waals surface area contributed by atoms with Gasteiger partial charge in [0.1, 0.15) is 18.1 Å². The first kappa shape index (κ1) is 15.0. The molecule has 0 fully saturated rings. The van der Waals surface area contributed by atoms with E-state index in [4.69, 9.17) is 9.47 Å². The minimum atomic E-state index is 0.278. The number of aryl methyl sites for hydroxylation is 1. The number of benzene rings is 3. The monoisotopic (exact) mass is 306 g/mol. The highest BCUT2D eigenvalue weighted by Gasteiger charge is 2.06. The molecule has 0 saturated heterocycles. The van der Waals surface area contributed by atoms with Crippen LogP contribution in [-0.2, 0) is 6.61 Å². The van der Waals surface area contributed by atoms with E-state index in [-0.39, 0.29) is 5.75 Å². The molecule has 23 heavy (non-hydrogen) atoms. The Balaban J connectivity index is 1.74. The van der Waals surface area contributed by atoms with Crippen molar-refractivity contribution in [2.45, 2.75) is 13.5 Å².